The van der Waals surface area contributed by atoms with Gasteiger partial charge >= 0.3 is 0 Å². The number of fused-ring (bicyclic) bond motifs is 3. The third-order valence-corrected chi connectivity index (χ3v) is 19.8. The number of carbonyl (C=O) groups is 4. The molecule has 18 nitrogen and oxygen atoms in total. The molecule has 426 valence electrons. The Balaban J connectivity index is 0.000000143. The summed E-state index contributed by atoms with van der Waals surface area (Å²) in [5.74, 6) is 1.81. The molecule has 6 aliphatic carbocycles. The molecular weight excluding hydrogens is 1010 g/mol. The van der Waals surface area contributed by atoms with Crippen LogP contribution in [0.1, 0.15) is 103 Å². The maximum Gasteiger partial charge on any atom is 0.197 e. The first-order valence-electron chi connectivity index (χ1n) is 26.7. The summed E-state index contributed by atoms with van der Waals surface area (Å²) in [7, 11) is 15.2. The Bertz CT molecular complexity index is 3070. The Morgan fingerprint density at radius 2 is 1.06 bits per heavy atom. The van der Waals surface area contributed by atoms with Crippen LogP contribution in [-0.4, -0.2) is 172 Å². The van der Waals surface area contributed by atoms with Gasteiger partial charge in [0.2, 0.25) is 0 Å². The molecule has 6 bridgehead atoms. The van der Waals surface area contributed by atoms with Crippen LogP contribution in [0.25, 0.3) is 0 Å². The quantitative estimate of drug-likeness (QED) is 0.183. The topological polar surface area (TPSA) is 235 Å². The zero-order chi connectivity index (χ0) is 56.1. The van der Waals surface area contributed by atoms with Crippen molar-refractivity contribution in [1.29, 1.82) is 0 Å². The highest BCUT2D eigenvalue weighted by molar-refractivity contribution is 6.07. The molecule has 3 aliphatic heterocycles. The lowest BCUT2D eigenvalue weighted by Crippen LogP contribution is -2.69. The second-order valence-corrected chi connectivity index (χ2v) is 22.8. The van der Waals surface area contributed by atoms with Crippen LogP contribution >= 0.6 is 0 Å². The molecule has 3 fully saturated rings. The number of aliphatic hydroxyl groups excluding tert-OH is 2. The number of ether oxygens (including phenoxy) is 6. The van der Waals surface area contributed by atoms with Gasteiger partial charge < -0.3 is 58.9 Å². The Kier molecular flexibility index (Phi) is 15.3. The zero-order valence-corrected chi connectivity index (χ0v) is 46.2. The van der Waals surface area contributed by atoms with E-state index in [-0.39, 0.29) is 121 Å². The number of hydrogen-bond donors (Lipinski definition) is 5. The number of aromatic hydroxyl groups is 3. The number of nitrogens with zero attached hydrogens (tertiary/aromatic N) is 3. The first-order valence-corrected chi connectivity index (χ1v) is 26.7. The summed E-state index contributed by atoms with van der Waals surface area (Å²) in [6.45, 7) is 3.91. The summed E-state index contributed by atoms with van der Waals surface area (Å²) < 4.78 is 32.5. The van der Waals surface area contributed by atoms with Crippen molar-refractivity contribution in [3.05, 3.63) is 111 Å². The van der Waals surface area contributed by atoms with Crippen LogP contribution in [0.3, 0.4) is 0 Å². The predicted octanol–water partition coefficient (Wildman–Crippen LogP) is 5.67. The summed E-state index contributed by atoms with van der Waals surface area (Å²) in [5.41, 5.74) is 2.13. The minimum atomic E-state index is -1.07. The third-order valence-electron chi connectivity index (χ3n) is 19.8. The molecule has 11 atom stereocenters. The van der Waals surface area contributed by atoms with Crippen LogP contribution in [0.5, 0.6) is 28.7 Å². The maximum absolute atomic E-state index is 13.2. The summed E-state index contributed by atoms with van der Waals surface area (Å²) in [4.78, 5) is 57.9. The maximum atomic E-state index is 13.2. The van der Waals surface area contributed by atoms with E-state index in [1.165, 1.54) is 21.3 Å². The number of likely N-dealkylation sites (tertiary alicyclic amines) is 3. The Labute approximate surface area is 462 Å². The third kappa shape index (κ3) is 8.08. The van der Waals surface area contributed by atoms with Gasteiger partial charge in [0.05, 0.1) is 60.8 Å². The van der Waals surface area contributed by atoms with Gasteiger partial charge in [-0.15, -0.1) is 0 Å². The summed E-state index contributed by atoms with van der Waals surface area (Å²) >= 11 is 0. The molecular formula is C61H77N3O15. The average molecular weight is 1090 g/mol. The minimum Gasteiger partial charge on any atom is -0.507 e. The Morgan fingerprint density at radius 3 is 1.59 bits per heavy atom. The van der Waals surface area contributed by atoms with Crippen LogP contribution in [0.2, 0.25) is 0 Å². The molecule has 0 amide bonds. The number of hydrogen-bond acceptors (Lipinski definition) is 18. The summed E-state index contributed by atoms with van der Waals surface area (Å²) in [5, 5.41) is 53.1. The Morgan fingerprint density at radius 1 is 0.570 bits per heavy atom. The molecule has 0 radical (unpaired) electrons. The molecule has 0 saturated carbocycles. The van der Waals surface area contributed by atoms with Crippen molar-refractivity contribution in [3.8, 4) is 28.7 Å². The standard InChI is InChI=1S/C21H27NO6.C20H25NO4.C19H21NO5.CH4/c1-22-7-6-20-9-15(25)16(27-2)8-14(20)19(22)21(11-24,28-3)13-5-4-12(10-23)18(26)17(13)20;1-11-12-5-6-15(24-3)19(23)17(12)20-7-8-21(2)18(11)13(20)9-16(25-4)14(22)10-20;1-20-7-6-19-9-12(21)14(25-3)8-11(19)16(20)17(22)10-4-5-13(24-2)18(23)15(10)19;/h4-5,8,14,19,23-24,26H,6-7,9-11H2,1-3H3;5-6,9,11,13,18,23H,7-8,10H2,1-4H3;4-5,8,11,16,23H,6-7,9H2,1-3H3;1H4/t14?,19-,20-,21-;11-,13?,18+,20-;11?,16-,19-;/m111./s1. The number of piperidine rings is 3. The molecule has 3 aromatic carbocycles. The number of methoxy groups -OCH3 is 6. The number of carbonyl (C=O) groups excluding carboxylic acids is 4. The van der Waals surface area contributed by atoms with Crippen LogP contribution in [-0.2, 0) is 61.8 Å². The van der Waals surface area contributed by atoms with E-state index < -0.39 is 16.4 Å². The normalized spacial score (nSPS) is 32.8. The Hall–Kier alpha value is -6.28. The summed E-state index contributed by atoms with van der Waals surface area (Å²) in [6, 6.07) is 10.4. The number of benzene rings is 3. The molecule has 5 N–H and O–H groups in total. The van der Waals surface area contributed by atoms with E-state index in [2.05, 4.69) is 29.8 Å². The number of phenols is 3. The van der Waals surface area contributed by atoms with E-state index in [4.69, 9.17) is 28.4 Å². The number of phenolic OH excluding ortho intramolecular Hbond substituents is 2. The van der Waals surface area contributed by atoms with Crippen molar-refractivity contribution in [2.75, 3.05) is 90.0 Å². The van der Waals surface area contributed by atoms with E-state index in [0.29, 0.717) is 88.9 Å². The minimum absolute atomic E-state index is 0. The van der Waals surface area contributed by atoms with Crippen LogP contribution in [0.4, 0.5) is 0 Å². The highest BCUT2D eigenvalue weighted by Gasteiger charge is 2.65. The predicted molar refractivity (Wildman–Crippen MR) is 291 cm³/mol. The highest BCUT2D eigenvalue weighted by atomic mass is 16.5. The van der Waals surface area contributed by atoms with Gasteiger partial charge in [0.15, 0.2) is 63.4 Å². The SMILES string of the molecule is C.COC1=CC2[C@@H]3C(=O)c4ccc(OC)c(O)c4[C@]2(CCN3C)CC1=O.COC1=CC2[C@@H]3[C@H](C)c4ccc(OC)c(O)c4[C@]2(CCN3C)CC1=O.COC1=CC2[C@H]3N(C)CC[C@]2(CC1=O)c1c(ccc(CO)c1O)[C@@]3(CO)OC. The van der Waals surface area contributed by atoms with Gasteiger partial charge in [-0.2, -0.15) is 0 Å². The number of allylic oxidation sites excluding steroid dienone is 3. The largest absolute Gasteiger partial charge is 0.507 e. The first kappa shape index (κ1) is 57.4. The lowest BCUT2D eigenvalue weighted by atomic mass is 9.50. The fraction of sp³-hybridized carbons (Fsp3) is 0.541. The van der Waals surface area contributed by atoms with E-state index in [1.807, 2.05) is 43.3 Å². The number of aliphatic hydroxyl groups is 2. The fourth-order valence-electron chi connectivity index (χ4n) is 16.2. The van der Waals surface area contributed by atoms with Crippen molar-refractivity contribution in [2.45, 2.75) is 105 Å². The molecule has 3 heterocycles. The fourth-order valence-corrected chi connectivity index (χ4v) is 16.2. The molecule has 12 rings (SSSR count). The lowest BCUT2D eigenvalue weighted by molar-refractivity contribution is -0.160. The highest BCUT2D eigenvalue weighted by Crippen LogP contribution is 2.64. The van der Waals surface area contributed by atoms with Crippen LogP contribution in [0, 0.1) is 17.8 Å². The van der Waals surface area contributed by atoms with Crippen molar-refractivity contribution in [1.82, 2.24) is 14.7 Å². The lowest BCUT2D eigenvalue weighted by Gasteiger charge is -2.62. The van der Waals surface area contributed by atoms with Crippen LogP contribution < -0.4 is 9.47 Å². The molecule has 18 heteroatoms. The molecule has 3 saturated heterocycles. The first-order chi connectivity index (χ1) is 37.3. The second-order valence-electron chi connectivity index (χ2n) is 22.8. The summed E-state index contributed by atoms with van der Waals surface area (Å²) in [6.07, 6.45) is 8.63. The zero-order valence-electron chi connectivity index (χ0n) is 46.2. The van der Waals surface area contributed by atoms with E-state index in [9.17, 15) is 44.7 Å². The van der Waals surface area contributed by atoms with E-state index in [0.717, 1.165) is 24.1 Å². The van der Waals surface area contributed by atoms with Gasteiger partial charge in [-0.1, -0.05) is 32.5 Å². The van der Waals surface area contributed by atoms with Gasteiger partial charge in [-0.3, -0.25) is 29.0 Å². The van der Waals surface area contributed by atoms with Gasteiger partial charge in [0.25, 0.3) is 0 Å². The van der Waals surface area contributed by atoms with Crippen LogP contribution in [0.15, 0.2) is 71.9 Å². The second kappa shape index (κ2) is 21.0. The number of rotatable bonds is 8. The van der Waals surface area contributed by atoms with Crippen molar-refractivity contribution in [3.63, 3.8) is 0 Å². The smallest absolute Gasteiger partial charge is 0.197 e. The molecule has 0 aromatic heterocycles. The van der Waals surface area contributed by atoms with Crippen molar-refractivity contribution >= 4 is 23.1 Å². The monoisotopic (exact) mass is 1090 g/mol. The molecule has 0 spiro atoms. The van der Waals surface area contributed by atoms with E-state index in [1.54, 1.807) is 45.6 Å². The molecule has 79 heavy (non-hydrogen) atoms. The van der Waals surface area contributed by atoms with Crippen molar-refractivity contribution in [2.24, 2.45) is 17.8 Å². The van der Waals surface area contributed by atoms with Crippen molar-refractivity contribution < 1.29 is 73.1 Å². The van der Waals surface area contributed by atoms with E-state index >= 15 is 0 Å². The van der Waals surface area contributed by atoms with Gasteiger partial charge in [-0.25, -0.2) is 0 Å². The average Bonchev–Trinajstić information content (AvgIpc) is 2.49. The number of likely N-dealkylation sites (N-methyl/N-ethyl adjacent to an activating group) is 3. The number of ketones is 4. The molecule has 3 unspecified atom stereocenters. The van der Waals surface area contributed by atoms with Gasteiger partial charge in [0.1, 0.15) is 11.4 Å². The molecule has 9 aliphatic rings. The van der Waals surface area contributed by atoms with Gasteiger partial charge in [0, 0.05) is 94.2 Å². The van der Waals surface area contributed by atoms with Gasteiger partial charge in [-0.05, 0) is 114 Å². The number of Topliss-reactive ketones (excluding diaryl/α,β-unsaturated/α-hetero) is 4. The molecule has 3 aromatic rings.